The van der Waals surface area contributed by atoms with Gasteiger partial charge in [0.2, 0.25) is 5.91 Å². The van der Waals surface area contributed by atoms with Gasteiger partial charge in [0.05, 0.1) is 6.10 Å². The summed E-state index contributed by atoms with van der Waals surface area (Å²) in [5.74, 6) is -0.522. The van der Waals surface area contributed by atoms with Crippen molar-refractivity contribution in [3.8, 4) is 11.1 Å². The minimum Gasteiger partial charge on any atom is -0.368 e. The molecule has 2 N–H and O–H groups in total. The Morgan fingerprint density at radius 2 is 1.70 bits per heavy atom. The highest BCUT2D eigenvalue weighted by Crippen LogP contribution is 2.41. The number of fused-ring (bicyclic) bond motifs is 1. The lowest BCUT2D eigenvalue weighted by molar-refractivity contribution is 0.1000. The fourth-order valence-corrected chi connectivity index (χ4v) is 5.56. The van der Waals surface area contributed by atoms with E-state index in [0.29, 0.717) is 11.1 Å². The fraction of sp³-hybridized carbons (Fsp3) is 0.320. The quantitative estimate of drug-likeness (QED) is 0.558. The Morgan fingerprint density at radius 1 is 1.00 bits per heavy atom. The van der Waals surface area contributed by atoms with Crippen molar-refractivity contribution in [1.82, 2.24) is 4.90 Å². The minimum absolute atomic E-state index is 0.108. The second-order valence-electron chi connectivity index (χ2n) is 8.65. The van der Waals surface area contributed by atoms with Gasteiger partial charge in [0, 0.05) is 48.6 Å². The largest absolute Gasteiger partial charge is 0.368 e. The van der Waals surface area contributed by atoms with Crippen molar-refractivity contribution in [3.05, 3.63) is 60.2 Å². The van der Waals surface area contributed by atoms with Crippen LogP contribution in [0, 0.1) is 0 Å². The van der Waals surface area contributed by atoms with E-state index in [1.165, 1.54) is 0 Å². The van der Waals surface area contributed by atoms with Crippen molar-refractivity contribution in [3.63, 3.8) is 0 Å². The number of nitrogens with zero attached hydrogens (tertiary/aromatic N) is 2. The molecule has 1 saturated heterocycles. The van der Waals surface area contributed by atoms with Crippen molar-refractivity contribution in [2.45, 2.75) is 24.8 Å². The number of rotatable bonds is 6. The first-order valence-corrected chi connectivity index (χ1v) is 12.4. The zero-order chi connectivity index (χ0) is 23.8. The summed E-state index contributed by atoms with van der Waals surface area (Å²) in [4.78, 5) is 16.5. The average molecular weight is 468 g/mol. The number of amides is 1. The number of nitrogens with two attached hydrogens (primary N) is 1. The first-order valence-electron chi connectivity index (χ1n) is 11.0. The van der Waals surface area contributed by atoms with Crippen molar-refractivity contribution in [2.75, 3.05) is 38.1 Å². The zero-order valence-electron chi connectivity index (χ0n) is 19.1. The van der Waals surface area contributed by atoms with Gasteiger partial charge in [-0.15, -0.1) is 0 Å². The number of hydrogen-bond acceptors (Lipinski definition) is 6. The van der Waals surface area contributed by atoms with Gasteiger partial charge in [-0.1, -0.05) is 36.4 Å². The molecule has 1 aliphatic heterocycles. The van der Waals surface area contributed by atoms with Gasteiger partial charge in [-0.3, -0.25) is 8.98 Å². The van der Waals surface area contributed by atoms with E-state index in [1.807, 2.05) is 24.3 Å². The predicted octanol–water partition coefficient (Wildman–Crippen LogP) is 3.47. The Morgan fingerprint density at radius 3 is 2.36 bits per heavy atom. The number of anilines is 1. The van der Waals surface area contributed by atoms with Gasteiger partial charge < -0.3 is 15.5 Å². The molecule has 0 bridgehead atoms. The van der Waals surface area contributed by atoms with E-state index in [2.05, 4.69) is 16.8 Å². The van der Waals surface area contributed by atoms with Crippen LogP contribution in [0.4, 0.5) is 5.69 Å². The standard InChI is InChI=1S/C25H29N3O4S/c1-17(2)32-33(30,31)23-11-9-18-6-4-5-7-20(18)24(23)21-10-8-19(25(26)29)16-22(21)28-14-12-27(3)13-15-28/h4-11,16-17H,12-15H2,1-3H3,(H2,26,29). The second kappa shape index (κ2) is 9.13. The van der Waals surface area contributed by atoms with Crippen molar-refractivity contribution in [1.29, 1.82) is 0 Å². The van der Waals surface area contributed by atoms with Gasteiger partial charge in [0.15, 0.2) is 0 Å². The van der Waals surface area contributed by atoms with Crippen LogP contribution in [-0.4, -0.2) is 58.6 Å². The Balaban J connectivity index is 2.02. The van der Waals surface area contributed by atoms with E-state index >= 15 is 0 Å². The summed E-state index contributed by atoms with van der Waals surface area (Å²) < 4.78 is 31.9. The van der Waals surface area contributed by atoms with Crippen molar-refractivity contribution < 1.29 is 17.4 Å². The number of carbonyl (C=O) groups is 1. The molecule has 1 heterocycles. The molecular formula is C25H29N3O4S. The summed E-state index contributed by atoms with van der Waals surface area (Å²) in [5, 5.41) is 1.72. The lowest BCUT2D eigenvalue weighted by Gasteiger charge is -2.35. The van der Waals surface area contributed by atoms with E-state index < -0.39 is 22.1 Å². The highest BCUT2D eigenvalue weighted by Gasteiger charge is 2.27. The highest BCUT2D eigenvalue weighted by molar-refractivity contribution is 7.87. The number of benzene rings is 3. The molecule has 1 aliphatic rings. The Hall–Kier alpha value is -2.94. The third-order valence-corrected chi connectivity index (χ3v) is 7.39. The first-order chi connectivity index (χ1) is 15.7. The number of hydrogen-bond donors (Lipinski definition) is 1. The SMILES string of the molecule is CC(C)OS(=O)(=O)c1ccc2ccccc2c1-c1ccc(C(N)=O)cc1N1CCN(C)CC1. The fourth-order valence-electron chi connectivity index (χ4n) is 4.25. The van der Waals surface area contributed by atoms with Crippen LogP contribution >= 0.6 is 0 Å². The monoisotopic (exact) mass is 467 g/mol. The van der Waals surface area contributed by atoms with Crippen molar-refractivity contribution in [2.24, 2.45) is 5.73 Å². The third kappa shape index (κ3) is 4.73. The van der Waals surface area contributed by atoms with Gasteiger partial charge in [-0.2, -0.15) is 8.42 Å². The van der Waals surface area contributed by atoms with E-state index in [4.69, 9.17) is 9.92 Å². The number of piperazine rings is 1. The molecule has 174 valence electrons. The Bertz CT molecular complexity index is 1300. The van der Waals surface area contributed by atoms with Crippen LogP contribution in [0.25, 0.3) is 21.9 Å². The molecule has 8 heteroatoms. The van der Waals surface area contributed by atoms with E-state index in [0.717, 1.165) is 48.2 Å². The van der Waals surface area contributed by atoms with E-state index in [1.54, 1.807) is 44.2 Å². The summed E-state index contributed by atoms with van der Waals surface area (Å²) >= 11 is 0. The van der Waals surface area contributed by atoms with E-state index in [9.17, 15) is 13.2 Å². The Labute approximate surface area is 194 Å². The van der Waals surface area contributed by atoms with E-state index in [-0.39, 0.29) is 4.90 Å². The maximum Gasteiger partial charge on any atom is 0.297 e. The normalized spacial score (nSPS) is 15.3. The average Bonchev–Trinajstić information content (AvgIpc) is 2.77. The lowest BCUT2D eigenvalue weighted by atomic mass is 9.95. The van der Waals surface area contributed by atoms with Crippen LogP contribution in [0.2, 0.25) is 0 Å². The molecule has 3 aromatic rings. The van der Waals surface area contributed by atoms with Crippen LogP contribution in [0.1, 0.15) is 24.2 Å². The summed E-state index contributed by atoms with van der Waals surface area (Å²) in [5.41, 5.74) is 8.06. The Kier molecular flexibility index (Phi) is 6.43. The summed E-state index contributed by atoms with van der Waals surface area (Å²) in [6.45, 7) is 6.60. The summed E-state index contributed by atoms with van der Waals surface area (Å²) in [6, 6.07) is 16.3. The molecule has 1 amide bonds. The summed E-state index contributed by atoms with van der Waals surface area (Å²) in [6.07, 6.45) is -0.497. The molecule has 0 radical (unpaired) electrons. The molecule has 3 aromatic carbocycles. The third-order valence-electron chi connectivity index (χ3n) is 5.87. The van der Waals surface area contributed by atoms with Gasteiger partial charge >= 0.3 is 0 Å². The maximum absolute atomic E-state index is 13.3. The smallest absolute Gasteiger partial charge is 0.297 e. The molecule has 0 aliphatic carbocycles. The lowest BCUT2D eigenvalue weighted by Crippen LogP contribution is -2.44. The molecule has 0 atom stereocenters. The van der Waals surface area contributed by atoms with Crippen molar-refractivity contribution >= 4 is 32.5 Å². The highest BCUT2D eigenvalue weighted by atomic mass is 32.2. The van der Waals surface area contributed by atoms with Gasteiger partial charge in [-0.25, -0.2) is 0 Å². The number of likely N-dealkylation sites (N-methyl/N-ethyl adjacent to an activating group) is 1. The van der Waals surface area contributed by atoms with Crippen LogP contribution < -0.4 is 10.6 Å². The zero-order valence-corrected chi connectivity index (χ0v) is 19.9. The topological polar surface area (TPSA) is 92.9 Å². The van der Waals surface area contributed by atoms with Gasteiger partial charge in [-0.05, 0) is 49.9 Å². The summed E-state index contributed by atoms with van der Waals surface area (Å²) in [7, 11) is -1.96. The first kappa shape index (κ1) is 23.2. The van der Waals surface area contributed by atoms with Gasteiger partial charge in [0.1, 0.15) is 4.90 Å². The van der Waals surface area contributed by atoms with Crippen LogP contribution in [0.3, 0.4) is 0 Å². The molecule has 4 rings (SSSR count). The molecule has 0 unspecified atom stereocenters. The molecular weight excluding hydrogens is 438 g/mol. The molecule has 7 nitrogen and oxygen atoms in total. The molecule has 33 heavy (non-hydrogen) atoms. The minimum atomic E-state index is -4.03. The number of primary amides is 1. The van der Waals surface area contributed by atoms with Crippen LogP contribution in [0.5, 0.6) is 0 Å². The maximum atomic E-state index is 13.3. The molecule has 1 fully saturated rings. The predicted molar refractivity (Wildman–Crippen MR) is 131 cm³/mol. The second-order valence-corrected chi connectivity index (χ2v) is 10.2. The molecule has 0 saturated carbocycles. The number of carbonyl (C=O) groups excluding carboxylic acids is 1. The van der Waals surface area contributed by atoms with Gasteiger partial charge in [0.25, 0.3) is 10.1 Å². The molecule has 0 aromatic heterocycles. The van der Waals surface area contributed by atoms with Crippen LogP contribution in [0.15, 0.2) is 59.5 Å². The molecule has 0 spiro atoms. The van der Waals surface area contributed by atoms with Crippen LogP contribution in [-0.2, 0) is 14.3 Å².